The molecular weight excluding hydrogens is 338 g/mol. The van der Waals surface area contributed by atoms with Crippen molar-refractivity contribution < 1.29 is 14.2 Å². The standard InChI is InChI=1S/C23H25NO3/c1-16-8-7-10-21(24-2)20(16)15-27-17-12-13-23(26-4)19(14-17)18-9-5-6-11-22(18)25-3/h5-14,24H,15H2,1-4H3. The van der Waals surface area contributed by atoms with E-state index in [2.05, 4.69) is 24.4 Å². The number of hydrogen-bond acceptors (Lipinski definition) is 4. The first kappa shape index (κ1) is 18.6. The van der Waals surface area contributed by atoms with E-state index in [1.807, 2.05) is 55.6 Å². The molecule has 0 aromatic heterocycles. The van der Waals surface area contributed by atoms with Crippen molar-refractivity contribution in [1.29, 1.82) is 0 Å². The number of rotatable bonds is 7. The van der Waals surface area contributed by atoms with Gasteiger partial charge in [0.25, 0.3) is 0 Å². The number of anilines is 1. The highest BCUT2D eigenvalue weighted by molar-refractivity contribution is 5.77. The molecule has 0 saturated carbocycles. The zero-order valence-corrected chi connectivity index (χ0v) is 16.2. The lowest BCUT2D eigenvalue weighted by Gasteiger charge is -2.16. The van der Waals surface area contributed by atoms with Crippen LogP contribution < -0.4 is 19.5 Å². The highest BCUT2D eigenvalue weighted by Crippen LogP contribution is 2.38. The van der Waals surface area contributed by atoms with Gasteiger partial charge in [0.15, 0.2) is 0 Å². The van der Waals surface area contributed by atoms with Gasteiger partial charge in [0.05, 0.1) is 14.2 Å². The highest BCUT2D eigenvalue weighted by Gasteiger charge is 2.13. The summed E-state index contributed by atoms with van der Waals surface area (Å²) in [4.78, 5) is 0. The molecule has 3 aromatic rings. The molecule has 27 heavy (non-hydrogen) atoms. The Bertz CT molecular complexity index is 921. The maximum absolute atomic E-state index is 6.11. The van der Waals surface area contributed by atoms with Crippen molar-refractivity contribution in [3.63, 3.8) is 0 Å². The summed E-state index contributed by atoms with van der Waals surface area (Å²) < 4.78 is 17.2. The van der Waals surface area contributed by atoms with Gasteiger partial charge in [-0.1, -0.05) is 30.3 Å². The maximum Gasteiger partial charge on any atom is 0.127 e. The molecule has 4 nitrogen and oxygen atoms in total. The lowest BCUT2D eigenvalue weighted by atomic mass is 10.0. The van der Waals surface area contributed by atoms with E-state index < -0.39 is 0 Å². The van der Waals surface area contributed by atoms with E-state index in [1.54, 1.807) is 14.2 Å². The first-order chi connectivity index (χ1) is 13.2. The van der Waals surface area contributed by atoms with Crippen LogP contribution in [0.2, 0.25) is 0 Å². The van der Waals surface area contributed by atoms with Gasteiger partial charge in [-0.15, -0.1) is 0 Å². The Morgan fingerprint density at radius 2 is 1.56 bits per heavy atom. The molecule has 3 rings (SSSR count). The number of methoxy groups -OCH3 is 2. The Morgan fingerprint density at radius 3 is 2.30 bits per heavy atom. The molecule has 0 fully saturated rings. The quantitative estimate of drug-likeness (QED) is 0.618. The summed E-state index contributed by atoms with van der Waals surface area (Å²) >= 11 is 0. The predicted molar refractivity (Wildman–Crippen MR) is 110 cm³/mol. The minimum Gasteiger partial charge on any atom is -0.496 e. The summed E-state index contributed by atoms with van der Waals surface area (Å²) in [5, 5.41) is 3.23. The summed E-state index contributed by atoms with van der Waals surface area (Å²) in [5.41, 5.74) is 5.32. The highest BCUT2D eigenvalue weighted by atomic mass is 16.5. The van der Waals surface area contributed by atoms with Gasteiger partial charge >= 0.3 is 0 Å². The lowest BCUT2D eigenvalue weighted by molar-refractivity contribution is 0.305. The summed E-state index contributed by atoms with van der Waals surface area (Å²) in [7, 11) is 5.26. The minimum absolute atomic E-state index is 0.487. The normalized spacial score (nSPS) is 10.4. The minimum atomic E-state index is 0.487. The second-order valence-electron chi connectivity index (χ2n) is 6.20. The first-order valence-electron chi connectivity index (χ1n) is 8.88. The lowest BCUT2D eigenvalue weighted by Crippen LogP contribution is -2.03. The second-order valence-corrected chi connectivity index (χ2v) is 6.20. The molecule has 0 bridgehead atoms. The van der Waals surface area contributed by atoms with Gasteiger partial charge in [-0.2, -0.15) is 0 Å². The molecule has 0 radical (unpaired) electrons. The SMILES string of the molecule is CNc1cccc(C)c1COc1ccc(OC)c(-c2ccccc2OC)c1. The summed E-state index contributed by atoms with van der Waals surface area (Å²) in [6.45, 7) is 2.58. The third-order valence-corrected chi connectivity index (χ3v) is 4.63. The molecule has 4 heteroatoms. The topological polar surface area (TPSA) is 39.7 Å². The second kappa shape index (κ2) is 8.49. The van der Waals surface area contributed by atoms with E-state index in [9.17, 15) is 0 Å². The first-order valence-corrected chi connectivity index (χ1v) is 8.88. The van der Waals surface area contributed by atoms with E-state index in [-0.39, 0.29) is 0 Å². The van der Waals surface area contributed by atoms with E-state index >= 15 is 0 Å². The zero-order chi connectivity index (χ0) is 19.2. The third kappa shape index (κ3) is 4.00. The molecule has 140 valence electrons. The fourth-order valence-electron chi connectivity index (χ4n) is 3.14. The van der Waals surface area contributed by atoms with Gasteiger partial charge in [0.1, 0.15) is 23.9 Å². The molecule has 0 heterocycles. The van der Waals surface area contributed by atoms with Crippen molar-refractivity contribution in [2.75, 3.05) is 26.6 Å². The van der Waals surface area contributed by atoms with Crippen LogP contribution in [0.5, 0.6) is 17.2 Å². The average Bonchev–Trinajstić information content (AvgIpc) is 2.72. The van der Waals surface area contributed by atoms with Crippen molar-refractivity contribution in [3.05, 3.63) is 71.8 Å². The predicted octanol–water partition coefficient (Wildman–Crippen LogP) is 5.30. The smallest absolute Gasteiger partial charge is 0.127 e. The third-order valence-electron chi connectivity index (χ3n) is 4.63. The number of para-hydroxylation sites is 1. The van der Waals surface area contributed by atoms with Crippen molar-refractivity contribution in [3.8, 4) is 28.4 Å². The number of nitrogens with one attached hydrogen (secondary N) is 1. The molecule has 0 amide bonds. The molecule has 0 spiro atoms. The number of ether oxygens (including phenoxy) is 3. The largest absolute Gasteiger partial charge is 0.496 e. The van der Waals surface area contributed by atoms with E-state index in [0.29, 0.717) is 6.61 Å². The van der Waals surface area contributed by atoms with Gasteiger partial charge in [-0.25, -0.2) is 0 Å². The van der Waals surface area contributed by atoms with Gasteiger partial charge in [0, 0.05) is 29.4 Å². The fourth-order valence-corrected chi connectivity index (χ4v) is 3.14. The number of benzene rings is 3. The molecule has 0 unspecified atom stereocenters. The summed E-state index contributed by atoms with van der Waals surface area (Å²) in [6.07, 6.45) is 0. The monoisotopic (exact) mass is 363 g/mol. The molecule has 0 aliphatic rings. The Balaban J connectivity index is 1.93. The van der Waals surface area contributed by atoms with Crippen LogP contribution in [0.25, 0.3) is 11.1 Å². The van der Waals surface area contributed by atoms with Crippen LogP contribution in [0.3, 0.4) is 0 Å². The van der Waals surface area contributed by atoms with Crippen LogP contribution in [-0.2, 0) is 6.61 Å². The Morgan fingerprint density at radius 1 is 0.815 bits per heavy atom. The van der Waals surface area contributed by atoms with E-state index in [1.165, 1.54) is 5.56 Å². The molecule has 0 aliphatic heterocycles. The number of hydrogen-bond donors (Lipinski definition) is 1. The zero-order valence-electron chi connectivity index (χ0n) is 16.2. The average molecular weight is 363 g/mol. The molecule has 0 saturated heterocycles. The molecule has 0 atom stereocenters. The number of aryl methyl sites for hydroxylation is 1. The summed E-state index contributed by atoms with van der Waals surface area (Å²) in [6, 6.07) is 19.9. The van der Waals surface area contributed by atoms with E-state index in [0.717, 1.165) is 39.6 Å². The van der Waals surface area contributed by atoms with Gasteiger partial charge in [0.2, 0.25) is 0 Å². The Hall–Kier alpha value is -3.14. The molecule has 0 aliphatic carbocycles. The summed E-state index contributed by atoms with van der Waals surface area (Å²) in [5.74, 6) is 2.35. The Kier molecular flexibility index (Phi) is 5.87. The Labute approximate surface area is 160 Å². The van der Waals surface area contributed by atoms with Gasteiger partial charge in [-0.05, 0) is 42.8 Å². The van der Waals surface area contributed by atoms with Crippen LogP contribution in [0.4, 0.5) is 5.69 Å². The molecule has 1 N–H and O–H groups in total. The van der Waals surface area contributed by atoms with Crippen molar-refractivity contribution >= 4 is 5.69 Å². The van der Waals surface area contributed by atoms with Crippen LogP contribution in [0.1, 0.15) is 11.1 Å². The van der Waals surface area contributed by atoms with Crippen LogP contribution >= 0.6 is 0 Å². The van der Waals surface area contributed by atoms with Crippen molar-refractivity contribution in [2.24, 2.45) is 0 Å². The maximum atomic E-state index is 6.11. The van der Waals surface area contributed by atoms with Crippen LogP contribution in [0.15, 0.2) is 60.7 Å². The molecule has 3 aromatic carbocycles. The van der Waals surface area contributed by atoms with Gasteiger partial charge < -0.3 is 19.5 Å². The molecular formula is C23H25NO3. The van der Waals surface area contributed by atoms with Crippen molar-refractivity contribution in [2.45, 2.75) is 13.5 Å². The van der Waals surface area contributed by atoms with Crippen molar-refractivity contribution in [1.82, 2.24) is 0 Å². The van der Waals surface area contributed by atoms with E-state index in [4.69, 9.17) is 14.2 Å². The van der Waals surface area contributed by atoms with Crippen LogP contribution in [-0.4, -0.2) is 21.3 Å². The van der Waals surface area contributed by atoms with Gasteiger partial charge in [-0.3, -0.25) is 0 Å². The van der Waals surface area contributed by atoms with Crippen LogP contribution in [0, 0.1) is 6.92 Å². The fraction of sp³-hybridized carbons (Fsp3) is 0.217.